The Balaban J connectivity index is 1.61. The highest BCUT2D eigenvalue weighted by atomic mass is 16.1. The third-order valence-corrected chi connectivity index (χ3v) is 3.30. The van der Waals surface area contributed by atoms with E-state index in [1.54, 1.807) is 6.20 Å². The molecule has 20 heavy (non-hydrogen) atoms. The predicted molar refractivity (Wildman–Crippen MR) is 77.7 cm³/mol. The van der Waals surface area contributed by atoms with Crippen LogP contribution in [0.5, 0.6) is 0 Å². The Morgan fingerprint density at radius 2 is 2.20 bits per heavy atom. The lowest BCUT2D eigenvalue weighted by Gasteiger charge is -2.03. The maximum absolute atomic E-state index is 11.9. The first-order valence-corrected chi connectivity index (χ1v) is 6.59. The Kier molecular flexibility index (Phi) is 3.25. The molecule has 3 N–H and O–H groups in total. The number of carbonyl (C=O) groups is 1. The first-order valence-electron chi connectivity index (χ1n) is 6.59. The van der Waals surface area contributed by atoms with E-state index in [2.05, 4.69) is 26.3 Å². The molecular formula is C15H16N4O. The normalized spacial score (nSPS) is 10.8. The third-order valence-electron chi connectivity index (χ3n) is 3.30. The molecule has 0 radical (unpaired) electrons. The lowest BCUT2D eigenvalue weighted by atomic mass is 10.1. The molecule has 0 spiro atoms. The summed E-state index contributed by atoms with van der Waals surface area (Å²) in [6.07, 6.45) is 4.34. The van der Waals surface area contributed by atoms with E-state index >= 15 is 0 Å². The average Bonchev–Trinajstić information content (AvgIpc) is 3.06. The number of carbonyl (C=O) groups excluding carboxylic acids is 1. The number of hydrogen-bond acceptors (Lipinski definition) is 2. The molecule has 0 aliphatic heterocycles. The van der Waals surface area contributed by atoms with Crippen molar-refractivity contribution in [1.82, 2.24) is 20.3 Å². The predicted octanol–water partition coefficient (Wildman–Crippen LogP) is 2.17. The van der Waals surface area contributed by atoms with Crippen LogP contribution in [-0.4, -0.2) is 27.4 Å². The van der Waals surface area contributed by atoms with E-state index in [9.17, 15) is 4.79 Å². The van der Waals surface area contributed by atoms with E-state index < -0.39 is 0 Å². The van der Waals surface area contributed by atoms with Gasteiger partial charge in [0.25, 0.3) is 5.91 Å². The molecule has 0 fully saturated rings. The summed E-state index contributed by atoms with van der Waals surface area (Å²) in [5.41, 5.74) is 2.83. The molecule has 0 unspecified atom stereocenters. The summed E-state index contributed by atoms with van der Waals surface area (Å²) in [6, 6.07) is 8.16. The van der Waals surface area contributed by atoms with Crippen molar-refractivity contribution in [2.45, 2.75) is 13.3 Å². The van der Waals surface area contributed by atoms with Gasteiger partial charge in [-0.05, 0) is 25.0 Å². The second kappa shape index (κ2) is 5.21. The SMILES string of the molecule is Cc1ncc(C(=O)NCCc2c[nH]c3ccccc23)[nH]1. The monoisotopic (exact) mass is 268 g/mol. The highest BCUT2D eigenvalue weighted by Gasteiger charge is 2.08. The molecule has 3 rings (SSSR count). The van der Waals surface area contributed by atoms with Crippen LogP contribution >= 0.6 is 0 Å². The summed E-state index contributed by atoms with van der Waals surface area (Å²) in [5, 5.41) is 4.10. The summed E-state index contributed by atoms with van der Waals surface area (Å²) in [4.78, 5) is 22.0. The molecule has 3 aromatic rings. The molecule has 0 aliphatic carbocycles. The van der Waals surface area contributed by atoms with Crippen LogP contribution in [-0.2, 0) is 6.42 Å². The van der Waals surface area contributed by atoms with E-state index in [4.69, 9.17) is 0 Å². The van der Waals surface area contributed by atoms with Crippen molar-refractivity contribution in [3.8, 4) is 0 Å². The fraction of sp³-hybridized carbons (Fsp3) is 0.200. The van der Waals surface area contributed by atoms with Crippen molar-refractivity contribution in [2.24, 2.45) is 0 Å². The van der Waals surface area contributed by atoms with Crippen molar-refractivity contribution in [2.75, 3.05) is 6.54 Å². The molecule has 1 amide bonds. The maximum atomic E-state index is 11.9. The first-order chi connectivity index (χ1) is 9.74. The second-order valence-electron chi connectivity index (χ2n) is 4.75. The van der Waals surface area contributed by atoms with Gasteiger partial charge in [0.15, 0.2) is 0 Å². The standard InChI is InChI=1S/C15H16N4O/c1-10-17-9-14(19-10)15(20)16-7-6-11-8-18-13-5-3-2-4-12(11)13/h2-5,8-9,18H,6-7H2,1H3,(H,16,20)(H,17,19). The van der Waals surface area contributed by atoms with Crippen LogP contribution in [0.2, 0.25) is 0 Å². The molecule has 1 aromatic carbocycles. The molecule has 102 valence electrons. The number of aromatic amines is 2. The molecule has 5 nitrogen and oxygen atoms in total. The number of hydrogen-bond donors (Lipinski definition) is 3. The van der Waals surface area contributed by atoms with Gasteiger partial charge in [0.2, 0.25) is 0 Å². The number of aromatic nitrogens is 3. The van der Waals surface area contributed by atoms with Crippen LogP contribution in [0.15, 0.2) is 36.7 Å². The number of benzene rings is 1. The van der Waals surface area contributed by atoms with Crippen LogP contribution in [0.25, 0.3) is 10.9 Å². The van der Waals surface area contributed by atoms with Gasteiger partial charge in [-0.25, -0.2) is 4.98 Å². The number of aryl methyl sites for hydroxylation is 1. The highest BCUT2D eigenvalue weighted by Crippen LogP contribution is 2.17. The Morgan fingerprint density at radius 3 is 3.00 bits per heavy atom. The van der Waals surface area contributed by atoms with Gasteiger partial charge >= 0.3 is 0 Å². The minimum absolute atomic E-state index is 0.120. The molecule has 2 aromatic heterocycles. The van der Waals surface area contributed by atoms with Gasteiger partial charge in [-0.2, -0.15) is 0 Å². The Hall–Kier alpha value is -2.56. The van der Waals surface area contributed by atoms with E-state index in [-0.39, 0.29) is 5.91 Å². The van der Waals surface area contributed by atoms with Crippen LogP contribution in [0, 0.1) is 6.92 Å². The van der Waals surface area contributed by atoms with Crippen molar-refractivity contribution < 1.29 is 4.79 Å². The molecule has 2 heterocycles. The van der Waals surface area contributed by atoms with Crippen LogP contribution in [0.1, 0.15) is 21.9 Å². The van der Waals surface area contributed by atoms with Gasteiger partial charge in [-0.15, -0.1) is 0 Å². The summed E-state index contributed by atoms with van der Waals surface area (Å²) in [7, 11) is 0. The molecular weight excluding hydrogens is 252 g/mol. The van der Waals surface area contributed by atoms with Gasteiger partial charge in [0.05, 0.1) is 6.20 Å². The van der Waals surface area contributed by atoms with Gasteiger partial charge in [0, 0.05) is 23.6 Å². The summed E-state index contributed by atoms with van der Waals surface area (Å²) in [5.74, 6) is 0.622. The molecule has 0 saturated heterocycles. The highest BCUT2D eigenvalue weighted by molar-refractivity contribution is 5.92. The van der Waals surface area contributed by atoms with E-state index in [1.807, 2.05) is 31.3 Å². The zero-order valence-electron chi connectivity index (χ0n) is 11.2. The van der Waals surface area contributed by atoms with Gasteiger partial charge in [-0.3, -0.25) is 4.79 Å². The third kappa shape index (κ3) is 2.42. The minimum atomic E-state index is -0.120. The Morgan fingerprint density at radius 1 is 1.35 bits per heavy atom. The largest absolute Gasteiger partial charge is 0.361 e. The van der Waals surface area contributed by atoms with E-state index in [0.717, 1.165) is 17.8 Å². The minimum Gasteiger partial charge on any atom is -0.361 e. The molecule has 0 saturated carbocycles. The number of imidazole rings is 1. The van der Waals surface area contributed by atoms with Crippen molar-refractivity contribution in [3.05, 3.63) is 53.7 Å². The number of para-hydroxylation sites is 1. The Bertz CT molecular complexity index is 741. The van der Waals surface area contributed by atoms with Crippen LogP contribution in [0.3, 0.4) is 0 Å². The fourth-order valence-corrected chi connectivity index (χ4v) is 2.28. The lowest BCUT2D eigenvalue weighted by molar-refractivity contribution is 0.0949. The summed E-state index contributed by atoms with van der Waals surface area (Å²) < 4.78 is 0. The number of nitrogens with zero attached hydrogens (tertiary/aromatic N) is 1. The quantitative estimate of drug-likeness (QED) is 0.678. The average molecular weight is 268 g/mol. The number of fused-ring (bicyclic) bond motifs is 1. The van der Waals surface area contributed by atoms with Gasteiger partial charge < -0.3 is 15.3 Å². The van der Waals surface area contributed by atoms with Crippen LogP contribution < -0.4 is 5.32 Å². The van der Waals surface area contributed by atoms with Crippen molar-refractivity contribution >= 4 is 16.8 Å². The molecule has 0 bridgehead atoms. The number of nitrogens with one attached hydrogen (secondary N) is 3. The van der Waals surface area contributed by atoms with Crippen LogP contribution in [0.4, 0.5) is 0 Å². The van der Waals surface area contributed by atoms with Crippen molar-refractivity contribution in [3.63, 3.8) is 0 Å². The smallest absolute Gasteiger partial charge is 0.269 e. The molecule has 0 aliphatic rings. The maximum Gasteiger partial charge on any atom is 0.269 e. The number of rotatable bonds is 4. The van der Waals surface area contributed by atoms with Gasteiger partial charge in [0.1, 0.15) is 11.5 Å². The van der Waals surface area contributed by atoms with Crippen molar-refractivity contribution in [1.29, 1.82) is 0 Å². The topological polar surface area (TPSA) is 73.6 Å². The van der Waals surface area contributed by atoms with Gasteiger partial charge in [-0.1, -0.05) is 18.2 Å². The summed E-state index contributed by atoms with van der Waals surface area (Å²) in [6.45, 7) is 2.42. The van der Waals surface area contributed by atoms with E-state index in [1.165, 1.54) is 10.9 Å². The number of amides is 1. The zero-order valence-corrected chi connectivity index (χ0v) is 11.2. The summed E-state index contributed by atoms with van der Waals surface area (Å²) >= 11 is 0. The molecule has 5 heteroatoms. The second-order valence-corrected chi connectivity index (χ2v) is 4.75. The Labute approximate surface area is 116 Å². The first kappa shape index (κ1) is 12.5. The zero-order chi connectivity index (χ0) is 13.9. The molecule has 0 atom stereocenters. The number of H-pyrrole nitrogens is 2. The fourth-order valence-electron chi connectivity index (χ4n) is 2.28. The van der Waals surface area contributed by atoms with E-state index in [0.29, 0.717) is 12.2 Å². The lowest BCUT2D eigenvalue weighted by Crippen LogP contribution is -2.25.